The second kappa shape index (κ2) is 4.96. The molecule has 0 aromatic carbocycles. The maximum atomic E-state index is 5.48. The molecule has 0 radical (unpaired) electrons. The van der Waals surface area contributed by atoms with E-state index in [1.165, 1.54) is 38.5 Å². The Balaban J connectivity index is 1.92. The minimum Gasteiger partial charge on any atom is -0.382 e. The van der Waals surface area contributed by atoms with Gasteiger partial charge in [0.05, 0.1) is 12.4 Å². The Morgan fingerprint density at radius 2 is 1.80 bits per heavy atom. The molecule has 15 heavy (non-hydrogen) atoms. The number of rotatable bonds is 2. The fourth-order valence-electron chi connectivity index (χ4n) is 2.05. The van der Waals surface area contributed by atoms with Gasteiger partial charge in [-0.15, -0.1) is 0 Å². The quantitative estimate of drug-likeness (QED) is 0.728. The summed E-state index contributed by atoms with van der Waals surface area (Å²) in [5.74, 6) is 1.32. The highest BCUT2D eigenvalue weighted by atomic mass is 15.0. The first kappa shape index (κ1) is 10.2. The molecule has 1 aromatic heterocycles. The van der Waals surface area contributed by atoms with E-state index in [-0.39, 0.29) is 0 Å². The van der Waals surface area contributed by atoms with E-state index in [0.717, 1.165) is 5.82 Å². The predicted octanol–water partition coefficient (Wildman–Crippen LogP) is 2.19. The van der Waals surface area contributed by atoms with Crippen LogP contribution in [0.1, 0.15) is 38.5 Å². The average molecular weight is 206 g/mol. The molecule has 4 heteroatoms. The van der Waals surface area contributed by atoms with E-state index in [9.17, 15) is 0 Å². The molecule has 82 valence electrons. The van der Waals surface area contributed by atoms with Crippen molar-refractivity contribution >= 4 is 11.6 Å². The van der Waals surface area contributed by atoms with Crippen molar-refractivity contribution in [2.24, 2.45) is 0 Å². The largest absolute Gasteiger partial charge is 0.382 e. The van der Waals surface area contributed by atoms with E-state index in [1.807, 2.05) is 0 Å². The molecule has 1 aromatic rings. The maximum absolute atomic E-state index is 5.48. The lowest BCUT2D eigenvalue weighted by Crippen LogP contribution is -2.19. The van der Waals surface area contributed by atoms with Gasteiger partial charge in [-0.25, -0.2) is 9.97 Å². The van der Waals surface area contributed by atoms with Crippen LogP contribution in [0.25, 0.3) is 0 Å². The molecule has 0 atom stereocenters. The van der Waals surface area contributed by atoms with Crippen molar-refractivity contribution in [1.82, 2.24) is 9.97 Å². The second-order valence-electron chi connectivity index (χ2n) is 4.16. The molecule has 0 saturated heterocycles. The molecule has 0 amide bonds. The maximum Gasteiger partial charge on any atom is 0.144 e. The van der Waals surface area contributed by atoms with E-state index in [2.05, 4.69) is 15.3 Å². The molecule has 1 aliphatic rings. The Hall–Kier alpha value is -1.32. The number of nitrogens with one attached hydrogen (secondary N) is 1. The zero-order chi connectivity index (χ0) is 10.5. The average Bonchev–Trinajstić information content (AvgIpc) is 2.50. The van der Waals surface area contributed by atoms with Crippen LogP contribution in [0.4, 0.5) is 11.6 Å². The summed E-state index contributed by atoms with van der Waals surface area (Å²) in [6.07, 6.45) is 11.2. The van der Waals surface area contributed by atoms with Gasteiger partial charge in [0.15, 0.2) is 0 Å². The number of nitrogen functional groups attached to an aromatic ring is 1. The Kier molecular flexibility index (Phi) is 3.37. The van der Waals surface area contributed by atoms with Gasteiger partial charge in [-0.1, -0.05) is 25.7 Å². The molecule has 1 fully saturated rings. The summed E-state index contributed by atoms with van der Waals surface area (Å²) in [6, 6.07) is 0.561. The first-order chi connectivity index (χ1) is 7.34. The van der Waals surface area contributed by atoms with Crippen LogP contribution >= 0.6 is 0 Å². The Bertz CT molecular complexity index is 288. The Morgan fingerprint density at radius 3 is 2.40 bits per heavy atom. The highest BCUT2D eigenvalue weighted by Gasteiger charge is 2.12. The summed E-state index contributed by atoms with van der Waals surface area (Å²) in [5.41, 5.74) is 5.48. The fourth-order valence-corrected chi connectivity index (χ4v) is 2.05. The minimum absolute atomic E-state index is 0.474. The fraction of sp³-hybridized carbons (Fsp3) is 0.636. The van der Waals surface area contributed by atoms with Crippen LogP contribution in [0.3, 0.4) is 0 Å². The van der Waals surface area contributed by atoms with Crippen molar-refractivity contribution in [3.8, 4) is 0 Å². The van der Waals surface area contributed by atoms with Gasteiger partial charge in [0, 0.05) is 6.04 Å². The number of hydrogen-bond acceptors (Lipinski definition) is 4. The predicted molar refractivity (Wildman–Crippen MR) is 61.6 cm³/mol. The zero-order valence-corrected chi connectivity index (χ0v) is 8.95. The lowest BCUT2D eigenvalue weighted by molar-refractivity contribution is 0.617. The molecule has 0 bridgehead atoms. The summed E-state index contributed by atoms with van der Waals surface area (Å²) in [5, 5.41) is 3.42. The minimum atomic E-state index is 0.474. The van der Waals surface area contributed by atoms with E-state index in [1.54, 1.807) is 12.4 Å². The highest BCUT2D eigenvalue weighted by molar-refractivity contribution is 5.36. The summed E-state index contributed by atoms with van der Waals surface area (Å²) in [7, 11) is 0. The summed E-state index contributed by atoms with van der Waals surface area (Å²) < 4.78 is 0. The lowest BCUT2D eigenvalue weighted by Gasteiger charge is -2.16. The van der Waals surface area contributed by atoms with Gasteiger partial charge >= 0.3 is 0 Å². The lowest BCUT2D eigenvalue weighted by atomic mass is 10.1. The van der Waals surface area contributed by atoms with Crippen LogP contribution in [-0.2, 0) is 0 Å². The molecule has 1 aliphatic carbocycles. The van der Waals surface area contributed by atoms with Crippen molar-refractivity contribution in [3.05, 3.63) is 12.4 Å². The first-order valence-corrected chi connectivity index (χ1v) is 5.68. The third-order valence-corrected chi connectivity index (χ3v) is 2.88. The zero-order valence-electron chi connectivity index (χ0n) is 8.95. The summed E-state index contributed by atoms with van der Waals surface area (Å²) in [4.78, 5) is 8.23. The van der Waals surface area contributed by atoms with E-state index >= 15 is 0 Å². The van der Waals surface area contributed by atoms with Crippen LogP contribution in [0, 0.1) is 0 Å². The SMILES string of the molecule is Nc1cnc(NC2CCCCCC2)cn1. The van der Waals surface area contributed by atoms with Crippen molar-refractivity contribution < 1.29 is 0 Å². The summed E-state index contributed by atoms with van der Waals surface area (Å²) >= 11 is 0. The monoisotopic (exact) mass is 206 g/mol. The molecule has 1 heterocycles. The molecule has 0 unspecified atom stereocenters. The highest BCUT2D eigenvalue weighted by Crippen LogP contribution is 2.19. The van der Waals surface area contributed by atoms with Crippen molar-refractivity contribution in [3.63, 3.8) is 0 Å². The number of nitrogens with two attached hydrogens (primary N) is 1. The summed E-state index contributed by atoms with van der Waals surface area (Å²) in [6.45, 7) is 0. The van der Waals surface area contributed by atoms with E-state index in [0.29, 0.717) is 11.9 Å². The molecule has 1 saturated carbocycles. The topological polar surface area (TPSA) is 63.8 Å². The van der Waals surface area contributed by atoms with Crippen molar-refractivity contribution in [1.29, 1.82) is 0 Å². The number of aromatic nitrogens is 2. The van der Waals surface area contributed by atoms with Crippen LogP contribution in [-0.4, -0.2) is 16.0 Å². The normalized spacial score (nSPS) is 18.4. The van der Waals surface area contributed by atoms with Gasteiger partial charge < -0.3 is 11.1 Å². The van der Waals surface area contributed by atoms with Crippen molar-refractivity contribution in [2.75, 3.05) is 11.1 Å². The number of anilines is 2. The van der Waals surface area contributed by atoms with E-state index < -0.39 is 0 Å². The van der Waals surface area contributed by atoms with Crippen LogP contribution < -0.4 is 11.1 Å². The van der Waals surface area contributed by atoms with Gasteiger partial charge in [-0.05, 0) is 12.8 Å². The Morgan fingerprint density at radius 1 is 1.07 bits per heavy atom. The van der Waals surface area contributed by atoms with Gasteiger partial charge in [0.25, 0.3) is 0 Å². The van der Waals surface area contributed by atoms with Crippen LogP contribution in [0.15, 0.2) is 12.4 Å². The van der Waals surface area contributed by atoms with Gasteiger partial charge in [-0.2, -0.15) is 0 Å². The molecular weight excluding hydrogens is 188 g/mol. The molecule has 2 rings (SSSR count). The van der Waals surface area contributed by atoms with Gasteiger partial charge in [0.2, 0.25) is 0 Å². The van der Waals surface area contributed by atoms with Crippen molar-refractivity contribution in [2.45, 2.75) is 44.6 Å². The molecular formula is C11H18N4. The van der Waals surface area contributed by atoms with Gasteiger partial charge in [0.1, 0.15) is 11.6 Å². The van der Waals surface area contributed by atoms with E-state index in [4.69, 9.17) is 5.73 Å². The molecule has 0 spiro atoms. The molecule has 4 nitrogen and oxygen atoms in total. The number of nitrogens with zero attached hydrogens (tertiary/aromatic N) is 2. The van der Waals surface area contributed by atoms with Gasteiger partial charge in [-0.3, -0.25) is 0 Å². The standard InChI is InChI=1S/C11H18N4/c12-10-7-14-11(8-13-10)15-9-5-3-1-2-4-6-9/h7-9H,1-6H2,(H2,12,13)(H,14,15). The first-order valence-electron chi connectivity index (χ1n) is 5.68. The molecule has 3 N–H and O–H groups in total. The second-order valence-corrected chi connectivity index (χ2v) is 4.16. The third-order valence-electron chi connectivity index (χ3n) is 2.88. The Labute approximate surface area is 90.3 Å². The third kappa shape index (κ3) is 3.08. The molecule has 0 aliphatic heterocycles. The number of hydrogen-bond donors (Lipinski definition) is 2. The smallest absolute Gasteiger partial charge is 0.144 e. The van der Waals surface area contributed by atoms with Crippen LogP contribution in [0.2, 0.25) is 0 Å². The van der Waals surface area contributed by atoms with Crippen LogP contribution in [0.5, 0.6) is 0 Å².